The zero-order valence-electron chi connectivity index (χ0n) is 10.2. The van der Waals surface area contributed by atoms with Crippen LogP contribution in [-0.2, 0) is 0 Å². The summed E-state index contributed by atoms with van der Waals surface area (Å²) in [5.41, 5.74) is 6.34. The predicted octanol–water partition coefficient (Wildman–Crippen LogP) is 3.08. The fourth-order valence-electron chi connectivity index (χ4n) is 1.84. The van der Waals surface area contributed by atoms with Gasteiger partial charge < -0.3 is 10.6 Å². The van der Waals surface area contributed by atoms with Gasteiger partial charge in [-0.25, -0.2) is 4.39 Å². The lowest BCUT2D eigenvalue weighted by Crippen LogP contribution is -2.12. The molecule has 0 amide bonds. The van der Waals surface area contributed by atoms with E-state index >= 15 is 0 Å². The number of nitrogens with two attached hydrogens (primary N) is 1. The molecule has 0 aliphatic carbocycles. The van der Waals surface area contributed by atoms with Crippen LogP contribution in [0.5, 0.6) is 0 Å². The largest absolute Gasteiger partial charge is 0.393 e. The van der Waals surface area contributed by atoms with E-state index in [1.54, 1.807) is 31.3 Å². The van der Waals surface area contributed by atoms with Gasteiger partial charge in [0.1, 0.15) is 17.2 Å². The topological polar surface area (TPSA) is 72.4 Å². The Morgan fingerprint density at radius 1 is 1.26 bits per heavy atom. The summed E-state index contributed by atoms with van der Waals surface area (Å²) in [4.78, 5) is 12.1. The first-order chi connectivity index (χ1) is 9.00. The Kier molecular flexibility index (Phi) is 3.33. The summed E-state index contributed by atoms with van der Waals surface area (Å²) < 4.78 is 13.2. The molecule has 2 aromatic carbocycles. The van der Waals surface area contributed by atoms with E-state index in [0.717, 1.165) is 0 Å². The molecule has 0 heterocycles. The van der Waals surface area contributed by atoms with Crippen molar-refractivity contribution in [3.05, 3.63) is 58.4 Å². The van der Waals surface area contributed by atoms with Gasteiger partial charge in [0.15, 0.2) is 0 Å². The number of benzene rings is 2. The minimum absolute atomic E-state index is 0.0748. The molecular formula is C13H12FN3O2. The first-order valence-electron chi connectivity index (χ1n) is 5.53. The number of anilines is 3. The predicted molar refractivity (Wildman–Crippen MR) is 72.0 cm³/mol. The lowest BCUT2D eigenvalue weighted by molar-refractivity contribution is -0.383. The monoisotopic (exact) mass is 261 g/mol. The van der Waals surface area contributed by atoms with E-state index in [9.17, 15) is 14.5 Å². The van der Waals surface area contributed by atoms with Gasteiger partial charge in [-0.3, -0.25) is 10.1 Å². The van der Waals surface area contributed by atoms with E-state index in [0.29, 0.717) is 11.4 Å². The Labute approximate surface area is 109 Å². The third-order valence-corrected chi connectivity index (χ3v) is 2.79. The second-order valence-electron chi connectivity index (χ2n) is 4.01. The summed E-state index contributed by atoms with van der Waals surface area (Å²) in [6.45, 7) is 0. The van der Waals surface area contributed by atoms with Crippen molar-refractivity contribution in [1.82, 2.24) is 0 Å². The highest BCUT2D eigenvalue weighted by molar-refractivity contribution is 5.79. The van der Waals surface area contributed by atoms with E-state index in [1.807, 2.05) is 0 Å². The fourth-order valence-corrected chi connectivity index (χ4v) is 1.84. The van der Waals surface area contributed by atoms with Gasteiger partial charge in [0, 0.05) is 12.7 Å². The summed E-state index contributed by atoms with van der Waals surface area (Å²) >= 11 is 0. The highest BCUT2D eigenvalue weighted by Gasteiger charge is 2.21. The number of nitrogen functional groups attached to an aromatic ring is 1. The van der Waals surface area contributed by atoms with Crippen LogP contribution in [0.2, 0.25) is 0 Å². The van der Waals surface area contributed by atoms with Gasteiger partial charge in [-0.05, 0) is 30.3 Å². The van der Waals surface area contributed by atoms with Crippen molar-refractivity contribution in [2.45, 2.75) is 0 Å². The first-order valence-corrected chi connectivity index (χ1v) is 5.53. The van der Waals surface area contributed by atoms with E-state index in [4.69, 9.17) is 5.73 Å². The molecule has 6 heteroatoms. The number of nitro groups is 1. The van der Waals surface area contributed by atoms with Gasteiger partial charge in [0.05, 0.1) is 4.92 Å². The number of nitro benzene ring substituents is 1. The second-order valence-corrected chi connectivity index (χ2v) is 4.01. The van der Waals surface area contributed by atoms with Crippen molar-refractivity contribution in [3.8, 4) is 0 Å². The minimum Gasteiger partial charge on any atom is -0.393 e. The Morgan fingerprint density at radius 3 is 2.58 bits per heavy atom. The van der Waals surface area contributed by atoms with Crippen LogP contribution in [0.4, 0.5) is 27.1 Å². The van der Waals surface area contributed by atoms with Crippen LogP contribution in [0.1, 0.15) is 0 Å². The van der Waals surface area contributed by atoms with Crippen molar-refractivity contribution < 1.29 is 9.31 Å². The molecule has 0 bridgehead atoms. The molecule has 98 valence electrons. The molecule has 0 spiro atoms. The average molecular weight is 261 g/mol. The number of halogens is 1. The van der Waals surface area contributed by atoms with Crippen molar-refractivity contribution in [2.24, 2.45) is 0 Å². The Balaban J connectivity index is 2.53. The van der Waals surface area contributed by atoms with Crippen molar-refractivity contribution in [2.75, 3.05) is 17.7 Å². The van der Waals surface area contributed by atoms with Crippen molar-refractivity contribution in [1.29, 1.82) is 0 Å². The molecule has 0 fully saturated rings. The molecule has 2 N–H and O–H groups in total. The summed E-state index contributed by atoms with van der Waals surface area (Å²) in [5.74, 6) is -0.407. The van der Waals surface area contributed by atoms with Gasteiger partial charge in [-0.1, -0.05) is 12.1 Å². The van der Waals surface area contributed by atoms with E-state index in [-0.39, 0.29) is 11.4 Å². The molecule has 0 aliphatic rings. The normalized spacial score (nSPS) is 10.2. The third kappa shape index (κ3) is 2.47. The zero-order chi connectivity index (χ0) is 14.0. The maximum absolute atomic E-state index is 13.2. The van der Waals surface area contributed by atoms with E-state index in [1.165, 1.54) is 23.1 Å². The van der Waals surface area contributed by atoms with Crippen LogP contribution in [0.25, 0.3) is 0 Å². The standard InChI is InChI=1S/C13H12FN3O2/c1-16(10-5-2-4-9(14)8-10)12-7-3-6-11(15)13(12)17(18)19/h2-8H,15H2,1H3. The van der Waals surface area contributed by atoms with Gasteiger partial charge >= 0.3 is 5.69 Å². The summed E-state index contributed by atoms with van der Waals surface area (Å²) in [6, 6.07) is 10.5. The molecule has 2 rings (SSSR count). The molecule has 0 aromatic heterocycles. The summed E-state index contributed by atoms with van der Waals surface area (Å²) in [5, 5.41) is 11.1. The SMILES string of the molecule is CN(c1cccc(F)c1)c1cccc(N)c1[N+](=O)[O-]. The van der Waals surface area contributed by atoms with Crippen LogP contribution in [0.15, 0.2) is 42.5 Å². The van der Waals surface area contributed by atoms with Gasteiger partial charge in [0.25, 0.3) is 0 Å². The second kappa shape index (κ2) is 4.93. The van der Waals surface area contributed by atoms with Crippen LogP contribution in [0, 0.1) is 15.9 Å². The molecule has 0 aliphatic heterocycles. The van der Waals surface area contributed by atoms with Gasteiger partial charge in [0.2, 0.25) is 0 Å². The summed E-state index contributed by atoms with van der Waals surface area (Å²) in [7, 11) is 1.62. The van der Waals surface area contributed by atoms with Gasteiger partial charge in [-0.15, -0.1) is 0 Å². The molecule has 5 nitrogen and oxygen atoms in total. The molecule has 2 aromatic rings. The Bertz CT molecular complexity index is 631. The lowest BCUT2D eigenvalue weighted by Gasteiger charge is -2.19. The first kappa shape index (κ1) is 12.8. The quantitative estimate of drug-likeness (QED) is 0.523. The van der Waals surface area contributed by atoms with Gasteiger partial charge in [-0.2, -0.15) is 0 Å². The summed E-state index contributed by atoms with van der Waals surface area (Å²) in [6.07, 6.45) is 0. The molecule has 0 unspecified atom stereocenters. The van der Waals surface area contributed by atoms with Crippen LogP contribution in [-0.4, -0.2) is 12.0 Å². The molecule has 0 saturated carbocycles. The molecule has 0 radical (unpaired) electrons. The maximum atomic E-state index is 13.2. The lowest BCUT2D eigenvalue weighted by atomic mass is 10.2. The molecule has 0 saturated heterocycles. The highest BCUT2D eigenvalue weighted by atomic mass is 19.1. The minimum atomic E-state index is -0.541. The fraction of sp³-hybridized carbons (Fsp3) is 0.0769. The number of rotatable bonds is 3. The number of para-hydroxylation sites is 1. The van der Waals surface area contributed by atoms with Crippen LogP contribution >= 0.6 is 0 Å². The zero-order valence-corrected chi connectivity index (χ0v) is 10.2. The van der Waals surface area contributed by atoms with Crippen molar-refractivity contribution in [3.63, 3.8) is 0 Å². The molecular weight excluding hydrogens is 249 g/mol. The Morgan fingerprint density at radius 2 is 1.95 bits per heavy atom. The third-order valence-electron chi connectivity index (χ3n) is 2.79. The van der Waals surface area contributed by atoms with E-state index in [2.05, 4.69) is 0 Å². The number of hydrogen-bond donors (Lipinski definition) is 1. The van der Waals surface area contributed by atoms with Crippen LogP contribution in [0.3, 0.4) is 0 Å². The highest BCUT2D eigenvalue weighted by Crippen LogP contribution is 2.36. The van der Waals surface area contributed by atoms with Crippen molar-refractivity contribution >= 4 is 22.7 Å². The Hall–Kier alpha value is -2.63. The average Bonchev–Trinajstić information content (AvgIpc) is 2.37. The number of nitrogens with zero attached hydrogens (tertiary/aromatic N) is 2. The number of hydrogen-bond acceptors (Lipinski definition) is 4. The maximum Gasteiger partial charge on any atom is 0.315 e. The molecule has 0 atom stereocenters. The smallest absolute Gasteiger partial charge is 0.315 e. The van der Waals surface area contributed by atoms with Crippen LogP contribution < -0.4 is 10.6 Å². The molecule has 19 heavy (non-hydrogen) atoms. The van der Waals surface area contributed by atoms with E-state index < -0.39 is 10.7 Å².